The molecule has 6 atom stereocenters. The predicted molar refractivity (Wildman–Crippen MR) is 196 cm³/mol. The molecule has 0 bridgehead atoms. The minimum atomic E-state index is -1.97. The van der Waals surface area contributed by atoms with E-state index in [0.717, 1.165) is 31.6 Å². The van der Waals surface area contributed by atoms with E-state index in [0.29, 0.717) is 17.3 Å². The summed E-state index contributed by atoms with van der Waals surface area (Å²) in [7, 11) is -3.89. The highest BCUT2D eigenvalue weighted by Gasteiger charge is 2.50. The SMILES string of the molecule is C=C1/C(=C/C=C2\CCC[C@@]3(C)C2CC[C@@H]3[C@H](C)CCCC(C)(C)O)C[C@@H](O[Si](C)(C)C(C)(C)C)C[C@@H]1O[Si](C)(C)C(C)(C)C. The highest BCUT2D eigenvalue weighted by atomic mass is 28.4. The van der Waals surface area contributed by atoms with Crippen molar-refractivity contribution < 1.29 is 14.0 Å². The van der Waals surface area contributed by atoms with Crippen LogP contribution in [0.25, 0.3) is 0 Å². The molecule has 3 saturated carbocycles. The fourth-order valence-electron chi connectivity index (χ4n) is 8.04. The second-order valence-electron chi connectivity index (χ2n) is 19.0. The lowest BCUT2D eigenvalue weighted by Crippen LogP contribution is -2.49. The molecule has 254 valence electrons. The van der Waals surface area contributed by atoms with E-state index >= 15 is 0 Å². The van der Waals surface area contributed by atoms with Crippen LogP contribution in [0.2, 0.25) is 36.3 Å². The molecule has 1 N–H and O–H groups in total. The monoisotopic (exact) mass is 645 g/mol. The first-order valence-corrected chi connectivity index (χ1v) is 23.9. The summed E-state index contributed by atoms with van der Waals surface area (Å²) in [5.74, 6) is 2.18. The van der Waals surface area contributed by atoms with Crippen LogP contribution < -0.4 is 0 Å². The Labute approximate surface area is 276 Å². The van der Waals surface area contributed by atoms with Gasteiger partial charge in [-0.3, -0.25) is 0 Å². The Morgan fingerprint density at radius 2 is 1.55 bits per heavy atom. The molecule has 3 rings (SSSR count). The maximum atomic E-state index is 10.2. The summed E-state index contributed by atoms with van der Waals surface area (Å²) in [6, 6.07) is 0. The zero-order chi connectivity index (χ0) is 33.5. The van der Waals surface area contributed by atoms with Crippen molar-refractivity contribution in [3.8, 4) is 0 Å². The Kier molecular flexibility index (Phi) is 11.7. The zero-order valence-corrected chi connectivity index (χ0v) is 33.6. The van der Waals surface area contributed by atoms with Crippen LogP contribution in [0, 0.1) is 23.2 Å². The summed E-state index contributed by atoms with van der Waals surface area (Å²) >= 11 is 0. The average Bonchev–Trinajstić information content (AvgIpc) is 3.20. The van der Waals surface area contributed by atoms with Crippen molar-refractivity contribution in [3.05, 3.63) is 35.5 Å². The quantitative estimate of drug-likeness (QED) is 0.240. The second kappa shape index (κ2) is 13.6. The number of hydrogen-bond donors (Lipinski definition) is 1. The summed E-state index contributed by atoms with van der Waals surface area (Å²) in [6.07, 6.45) is 16.8. The maximum absolute atomic E-state index is 10.2. The van der Waals surface area contributed by atoms with E-state index in [1.54, 1.807) is 5.57 Å². The van der Waals surface area contributed by atoms with Crippen LogP contribution in [0.4, 0.5) is 0 Å². The first kappa shape index (κ1) is 38.0. The fraction of sp³-hybridized carbons (Fsp3) is 0.846. The van der Waals surface area contributed by atoms with Crippen molar-refractivity contribution in [2.45, 2.75) is 188 Å². The number of rotatable bonds is 10. The van der Waals surface area contributed by atoms with Crippen molar-refractivity contribution in [1.29, 1.82) is 0 Å². The van der Waals surface area contributed by atoms with Gasteiger partial charge in [-0.25, -0.2) is 0 Å². The van der Waals surface area contributed by atoms with E-state index in [2.05, 4.69) is 100 Å². The molecular formula is C39H72O3Si2. The van der Waals surface area contributed by atoms with Gasteiger partial charge in [-0.2, -0.15) is 0 Å². The van der Waals surface area contributed by atoms with Gasteiger partial charge in [0.1, 0.15) is 0 Å². The van der Waals surface area contributed by atoms with Crippen LogP contribution in [0.5, 0.6) is 0 Å². The van der Waals surface area contributed by atoms with Gasteiger partial charge in [0.2, 0.25) is 0 Å². The summed E-state index contributed by atoms with van der Waals surface area (Å²) in [4.78, 5) is 0. The Morgan fingerprint density at radius 3 is 2.11 bits per heavy atom. The summed E-state index contributed by atoms with van der Waals surface area (Å²) < 4.78 is 14.2. The van der Waals surface area contributed by atoms with Crippen molar-refractivity contribution >= 4 is 16.6 Å². The third-order valence-electron chi connectivity index (χ3n) is 12.9. The molecular weight excluding hydrogens is 573 g/mol. The Hall–Kier alpha value is -0.466. The van der Waals surface area contributed by atoms with Gasteiger partial charge in [-0.15, -0.1) is 0 Å². The normalized spacial score (nSPS) is 31.9. The molecule has 0 spiro atoms. The Balaban J connectivity index is 1.86. The van der Waals surface area contributed by atoms with Crippen molar-refractivity contribution in [2.75, 3.05) is 0 Å². The van der Waals surface area contributed by atoms with Crippen LogP contribution in [-0.4, -0.2) is 39.6 Å². The van der Waals surface area contributed by atoms with E-state index in [4.69, 9.17) is 8.85 Å². The molecule has 0 aromatic heterocycles. The van der Waals surface area contributed by atoms with E-state index < -0.39 is 22.2 Å². The molecule has 1 unspecified atom stereocenters. The van der Waals surface area contributed by atoms with Gasteiger partial charge in [0.25, 0.3) is 0 Å². The molecule has 44 heavy (non-hydrogen) atoms. The van der Waals surface area contributed by atoms with Gasteiger partial charge in [-0.1, -0.05) is 92.5 Å². The third-order valence-corrected chi connectivity index (χ3v) is 21.9. The third kappa shape index (κ3) is 8.91. The zero-order valence-electron chi connectivity index (χ0n) is 31.6. The predicted octanol–water partition coefficient (Wildman–Crippen LogP) is 11.8. The lowest BCUT2D eigenvalue weighted by molar-refractivity contribution is 0.0596. The largest absolute Gasteiger partial charge is 0.413 e. The smallest absolute Gasteiger partial charge is 0.192 e. The van der Waals surface area contributed by atoms with E-state index in [-0.39, 0.29) is 22.3 Å². The average molecular weight is 645 g/mol. The van der Waals surface area contributed by atoms with Crippen LogP contribution in [-0.2, 0) is 8.85 Å². The van der Waals surface area contributed by atoms with Crippen LogP contribution in [0.3, 0.4) is 0 Å². The van der Waals surface area contributed by atoms with Crippen molar-refractivity contribution in [1.82, 2.24) is 0 Å². The number of allylic oxidation sites excluding steroid dienone is 3. The van der Waals surface area contributed by atoms with E-state index in [1.165, 1.54) is 49.7 Å². The first-order valence-electron chi connectivity index (χ1n) is 18.0. The Morgan fingerprint density at radius 1 is 0.955 bits per heavy atom. The number of aliphatic hydroxyl groups is 1. The van der Waals surface area contributed by atoms with Crippen molar-refractivity contribution in [2.24, 2.45) is 23.2 Å². The molecule has 0 heterocycles. The second-order valence-corrected chi connectivity index (χ2v) is 28.6. The first-order chi connectivity index (χ1) is 19.9. The molecule has 3 aliphatic rings. The number of hydrogen-bond acceptors (Lipinski definition) is 3. The molecule has 5 heteroatoms. The fourth-order valence-corrected chi connectivity index (χ4v) is 10.7. The highest BCUT2D eigenvalue weighted by Crippen LogP contribution is 2.60. The molecule has 0 aliphatic heterocycles. The molecule has 3 aliphatic carbocycles. The minimum Gasteiger partial charge on any atom is -0.413 e. The van der Waals surface area contributed by atoms with Gasteiger partial charge < -0.3 is 14.0 Å². The molecule has 0 radical (unpaired) electrons. The molecule has 0 amide bonds. The van der Waals surface area contributed by atoms with E-state index in [9.17, 15) is 5.11 Å². The van der Waals surface area contributed by atoms with Crippen LogP contribution >= 0.6 is 0 Å². The van der Waals surface area contributed by atoms with E-state index in [1.807, 2.05) is 13.8 Å². The van der Waals surface area contributed by atoms with Crippen LogP contribution in [0.15, 0.2) is 35.5 Å². The lowest BCUT2D eigenvalue weighted by Gasteiger charge is -2.46. The molecule has 3 nitrogen and oxygen atoms in total. The summed E-state index contributed by atoms with van der Waals surface area (Å²) in [6.45, 7) is 37.2. The molecule has 0 aromatic carbocycles. The molecule has 0 aromatic rings. The van der Waals surface area contributed by atoms with Gasteiger partial charge in [0, 0.05) is 6.42 Å². The topological polar surface area (TPSA) is 38.7 Å². The lowest BCUT2D eigenvalue weighted by atomic mass is 9.60. The standard InChI is InChI=1S/C39H72O3Si2/c1-28(18-16-24-38(9,10)40)33-22-23-34-30(19-17-25-39(33,34)11)20-21-31-26-32(41-43(12,13)36(3,4)5)27-35(29(31)2)42-44(14,15)37(6,7)8/h20-21,28,32-35,40H,2,16-19,22-27H2,1,3-15H3/b30-20+,31-21+/t28-,32-,33-,34?,35+,39-/m1/s1. The van der Waals surface area contributed by atoms with Crippen LogP contribution in [0.1, 0.15) is 133 Å². The molecule has 0 saturated heterocycles. The summed E-state index contributed by atoms with van der Waals surface area (Å²) in [5.41, 5.74) is 4.04. The summed E-state index contributed by atoms with van der Waals surface area (Å²) in [5, 5.41) is 10.6. The van der Waals surface area contributed by atoms with Gasteiger partial charge in [0.05, 0.1) is 17.8 Å². The number of fused-ring (bicyclic) bond motifs is 1. The Bertz CT molecular complexity index is 1060. The van der Waals surface area contributed by atoms with Gasteiger partial charge in [0.15, 0.2) is 16.6 Å². The maximum Gasteiger partial charge on any atom is 0.192 e. The molecule has 3 fully saturated rings. The van der Waals surface area contributed by atoms with Gasteiger partial charge >= 0.3 is 0 Å². The van der Waals surface area contributed by atoms with Crippen molar-refractivity contribution in [3.63, 3.8) is 0 Å². The van der Waals surface area contributed by atoms with Gasteiger partial charge in [-0.05, 0) is 129 Å². The minimum absolute atomic E-state index is 0.0290. The highest BCUT2D eigenvalue weighted by molar-refractivity contribution is 6.74.